The summed E-state index contributed by atoms with van der Waals surface area (Å²) in [5, 5.41) is 3.10. The van der Waals surface area contributed by atoms with Crippen molar-refractivity contribution in [3.05, 3.63) is 60.2 Å². The molecule has 0 aliphatic heterocycles. The van der Waals surface area contributed by atoms with Gasteiger partial charge in [0.05, 0.1) is 0 Å². The van der Waals surface area contributed by atoms with Crippen molar-refractivity contribution >= 4 is 5.91 Å². The topological polar surface area (TPSA) is 64.3 Å². The lowest BCUT2D eigenvalue weighted by atomic mass is 9.91. The summed E-state index contributed by atoms with van der Waals surface area (Å²) in [7, 11) is 0. The lowest BCUT2D eigenvalue weighted by Crippen LogP contribution is -2.40. The Morgan fingerprint density at radius 1 is 0.957 bits per heavy atom. The zero-order valence-electron chi connectivity index (χ0n) is 13.1. The summed E-state index contributed by atoms with van der Waals surface area (Å²) in [6.07, 6.45) is 3.85. The minimum absolute atomic E-state index is 0.0519. The highest BCUT2D eigenvalue weighted by atomic mass is 16.5. The molecule has 0 bridgehead atoms. The molecule has 120 valence electrons. The number of hydrogen-bond acceptors (Lipinski definition) is 3. The maximum Gasteiger partial charge on any atom is 0.251 e. The normalized spacial score (nSPS) is 20.7. The maximum absolute atomic E-state index is 12.4. The van der Waals surface area contributed by atoms with E-state index in [-0.39, 0.29) is 18.0 Å². The van der Waals surface area contributed by atoms with Crippen molar-refractivity contribution in [1.82, 2.24) is 5.32 Å². The van der Waals surface area contributed by atoms with E-state index in [4.69, 9.17) is 10.5 Å². The van der Waals surface area contributed by atoms with Crippen LogP contribution < -0.4 is 15.8 Å². The minimum atomic E-state index is -0.0519. The minimum Gasteiger partial charge on any atom is -0.457 e. The van der Waals surface area contributed by atoms with Crippen LogP contribution in [0.5, 0.6) is 11.5 Å². The highest BCUT2D eigenvalue weighted by molar-refractivity contribution is 5.94. The van der Waals surface area contributed by atoms with E-state index in [0.29, 0.717) is 11.3 Å². The summed E-state index contributed by atoms with van der Waals surface area (Å²) in [6, 6.07) is 17.3. The fourth-order valence-corrected chi connectivity index (χ4v) is 2.86. The number of nitrogens with one attached hydrogen (secondary N) is 1. The van der Waals surface area contributed by atoms with Gasteiger partial charge in [0.25, 0.3) is 5.91 Å². The van der Waals surface area contributed by atoms with Crippen LogP contribution in [-0.4, -0.2) is 18.0 Å². The fraction of sp³-hybridized carbons (Fsp3) is 0.316. The van der Waals surface area contributed by atoms with Gasteiger partial charge in [0.2, 0.25) is 0 Å². The maximum atomic E-state index is 12.4. The Labute approximate surface area is 136 Å². The average molecular weight is 310 g/mol. The van der Waals surface area contributed by atoms with Crippen molar-refractivity contribution in [3.63, 3.8) is 0 Å². The summed E-state index contributed by atoms with van der Waals surface area (Å²) in [4.78, 5) is 12.4. The molecule has 1 aliphatic carbocycles. The van der Waals surface area contributed by atoms with Gasteiger partial charge in [0.1, 0.15) is 11.5 Å². The molecule has 0 spiro atoms. The molecule has 0 heterocycles. The molecule has 2 aromatic carbocycles. The zero-order valence-corrected chi connectivity index (χ0v) is 13.1. The SMILES string of the molecule is NC1CCC(NC(=O)c2cccc(Oc3ccccc3)c2)CC1. The van der Waals surface area contributed by atoms with Crippen LogP contribution >= 0.6 is 0 Å². The van der Waals surface area contributed by atoms with Gasteiger partial charge in [0.15, 0.2) is 0 Å². The summed E-state index contributed by atoms with van der Waals surface area (Å²) in [5.74, 6) is 1.37. The number of hydrogen-bond donors (Lipinski definition) is 2. The summed E-state index contributed by atoms with van der Waals surface area (Å²) in [6.45, 7) is 0. The predicted molar refractivity (Wildman–Crippen MR) is 90.7 cm³/mol. The Hall–Kier alpha value is -2.33. The molecule has 0 atom stereocenters. The van der Waals surface area contributed by atoms with Crippen LogP contribution in [0.3, 0.4) is 0 Å². The molecule has 23 heavy (non-hydrogen) atoms. The average Bonchev–Trinajstić information content (AvgIpc) is 2.58. The first-order valence-electron chi connectivity index (χ1n) is 8.10. The number of amides is 1. The summed E-state index contributed by atoms with van der Waals surface area (Å²) in [5.41, 5.74) is 6.52. The van der Waals surface area contributed by atoms with Crippen LogP contribution in [-0.2, 0) is 0 Å². The van der Waals surface area contributed by atoms with E-state index in [1.165, 1.54) is 0 Å². The highest BCUT2D eigenvalue weighted by Gasteiger charge is 2.20. The third-order valence-corrected chi connectivity index (χ3v) is 4.18. The van der Waals surface area contributed by atoms with Gasteiger partial charge >= 0.3 is 0 Å². The molecule has 3 rings (SSSR count). The second-order valence-corrected chi connectivity index (χ2v) is 6.03. The van der Waals surface area contributed by atoms with Crippen molar-refractivity contribution in [1.29, 1.82) is 0 Å². The van der Waals surface area contributed by atoms with E-state index in [1.54, 1.807) is 6.07 Å². The third kappa shape index (κ3) is 4.33. The first-order chi connectivity index (χ1) is 11.2. The molecule has 4 heteroatoms. The number of para-hydroxylation sites is 1. The summed E-state index contributed by atoms with van der Waals surface area (Å²) >= 11 is 0. The number of carbonyl (C=O) groups excluding carboxylic acids is 1. The second kappa shape index (κ2) is 7.29. The Morgan fingerprint density at radius 3 is 2.39 bits per heavy atom. The van der Waals surface area contributed by atoms with Crippen molar-refractivity contribution in [3.8, 4) is 11.5 Å². The largest absolute Gasteiger partial charge is 0.457 e. The van der Waals surface area contributed by atoms with Crippen molar-refractivity contribution in [2.45, 2.75) is 37.8 Å². The van der Waals surface area contributed by atoms with Gasteiger partial charge in [-0.05, 0) is 56.0 Å². The molecular weight excluding hydrogens is 288 g/mol. The molecule has 4 nitrogen and oxygen atoms in total. The molecule has 1 saturated carbocycles. The molecule has 2 aromatic rings. The van der Waals surface area contributed by atoms with Gasteiger partial charge in [0, 0.05) is 17.6 Å². The zero-order chi connectivity index (χ0) is 16.1. The van der Waals surface area contributed by atoms with E-state index >= 15 is 0 Å². The summed E-state index contributed by atoms with van der Waals surface area (Å²) < 4.78 is 5.78. The van der Waals surface area contributed by atoms with Crippen molar-refractivity contribution in [2.75, 3.05) is 0 Å². The molecule has 0 unspecified atom stereocenters. The highest BCUT2D eigenvalue weighted by Crippen LogP contribution is 2.22. The van der Waals surface area contributed by atoms with Gasteiger partial charge in [-0.1, -0.05) is 24.3 Å². The number of rotatable bonds is 4. The van der Waals surface area contributed by atoms with Gasteiger partial charge < -0.3 is 15.8 Å². The van der Waals surface area contributed by atoms with E-state index in [2.05, 4.69) is 5.32 Å². The van der Waals surface area contributed by atoms with Crippen LogP contribution in [0, 0.1) is 0 Å². The number of nitrogens with two attached hydrogens (primary N) is 1. The van der Waals surface area contributed by atoms with Gasteiger partial charge in [-0.15, -0.1) is 0 Å². The smallest absolute Gasteiger partial charge is 0.251 e. The van der Waals surface area contributed by atoms with Crippen molar-refractivity contribution < 1.29 is 9.53 Å². The third-order valence-electron chi connectivity index (χ3n) is 4.18. The Bertz CT molecular complexity index is 649. The molecule has 0 aromatic heterocycles. The van der Waals surface area contributed by atoms with Gasteiger partial charge in [-0.2, -0.15) is 0 Å². The van der Waals surface area contributed by atoms with E-state index in [9.17, 15) is 4.79 Å². The van der Waals surface area contributed by atoms with Gasteiger partial charge in [-0.25, -0.2) is 0 Å². The first kappa shape index (κ1) is 15.6. The second-order valence-electron chi connectivity index (χ2n) is 6.03. The number of carbonyl (C=O) groups is 1. The lowest BCUT2D eigenvalue weighted by molar-refractivity contribution is 0.0925. The van der Waals surface area contributed by atoms with Crippen LogP contribution in [0.15, 0.2) is 54.6 Å². The van der Waals surface area contributed by atoms with Crippen LogP contribution in [0.25, 0.3) is 0 Å². The number of ether oxygens (including phenoxy) is 1. The van der Waals surface area contributed by atoms with Crippen LogP contribution in [0.4, 0.5) is 0 Å². The van der Waals surface area contributed by atoms with E-state index < -0.39 is 0 Å². The monoisotopic (exact) mass is 310 g/mol. The fourth-order valence-electron chi connectivity index (χ4n) is 2.86. The Kier molecular flexibility index (Phi) is 4.93. The predicted octanol–water partition coefficient (Wildman–Crippen LogP) is 3.48. The first-order valence-corrected chi connectivity index (χ1v) is 8.10. The quantitative estimate of drug-likeness (QED) is 0.908. The van der Waals surface area contributed by atoms with Crippen LogP contribution in [0.2, 0.25) is 0 Å². The van der Waals surface area contributed by atoms with E-state index in [1.807, 2.05) is 48.5 Å². The van der Waals surface area contributed by atoms with E-state index in [0.717, 1.165) is 31.4 Å². The van der Waals surface area contributed by atoms with Gasteiger partial charge in [-0.3, -0.25) is 4.79 Å². The molecule has 1 fully saturated rings. The molecule has 3 N–H and O–H groups in total. The van der Waals surface area contributed by atoms with Crippen molar-refractivity contribution in [2.24, 2.45) is 5.73 Å². The molecule has 0 radical (unpaired) electrons. The lowest BCUT2D eigenvalue weighted by Gasteiger charge is -2.26. The number of benzene rings is 2. The molecular formula is C19H22N2O2. The van der Waals surface area contributed by atoms with Crippen LogP contribution in [0.1, 0.15) is 36.0 Å². The molecule has 1 aliphatic rings. The standard InChI is InChI=1S/C19H22N2O2/c20-15-9-11-16(12-10-15)21-19(22)14-5-4-8-18(13-14)23-17-6-2-1-3-7-17/h1-8,13,15-16H,9-12,20H2,(H,21,22). The molecule has 0 saturated heterocycles. The molecule has 1 amide bonds. The Balaban J connectivity index is 1.63. The Morgan fingerprint density at radius 2 is 1.65 bits per heavy atom.